The smallest absolute Gasteiger partial charge is 0.276 e. The molecular weight excluding hydrogens is 204 g/mol. The summed E-state index contributed by atoms with van der Waals surface area (Å²) < 4.78 is 4.69. The van der Waals surface area contributed by atoms with Crippen molar-refractivity contribution in [2.75, 3.05) is 13.1 Å². The highest BCUT2D eigenvalue weighted by molar-refractivity contribution is 5.92. The third kappa shape index (κ3) is 2.26. The van der Waals surface area contributed by atoms with E-state index in [2.05, 4.69) is 23.5 Å². The Morgan fingerprint density at radius 2 is 2.19 bits per heavy atom. The molecule has 4 nitrogen and oxygen atoms in total. The van der Waals surface area contributed by atoms with Crippen molar-refractivity contribution < 1.29 is 9.32 Å². The molecule has 1 fully saturated rings. The van der Waals surface area contributed by atoms with E-state index in [9.17, 15) is 4.79 Å². The van der Waals surface area contributed by atoms with E-state index in [0.29, 0.717) is 11.6 Å². The van der Waals surface area contributed by atoms with Gasteiger partial charge in [-0.05, 0) is 24.7 Å². The number of hydrogen-bond donors (Lipinski definition) is 0. The second-order valence-electron chi connectivity index (χ2n) is 4.76. The molecule has 0 radical (unpaired) electrons. The molecule has 4 heteroatoms. The summed E-state index contributed by atoms with van der Waals surface area (Å²) in [4.78, 5) is 13.8. The quantitative estimate of drug-likeness (QED) is 0.770. The predicted octanol–water partition coefficient (Wildman–Crippen LogP) is 2.18. The van der Waals surface area contributed by atoms with Gasteiger partial charge in [0.25, 0.3) is 5.91 Å². The van der Waals surface area contributed by atoms with Crippen molar-refractivity contribution in [3.63, 3.8) is 0 Å². The first-order valence-electron chi connectivity index (χ1n) is 5.88. The normalized spacial score (nSPS) is 18.1. The van der Waals surface area contributed by atoms with Gasteiger partial charge in [-0.25, -0.2) is 0 Å². The molecule has 0 spiro atoms. The number of amides is 1. The van der Waals surface area contributed by atoms with Gasteiger partial charge in [-0.1, -0.05) is 19.0 Å². The van der Waals surface area contributed by atoms with Gasteiger partial charge >= 0.3 is 0 Å². The summed E-state index contributed by atoms with van der Waals surface area (Å²) in [6, 6.07) is 1.62. The molecule has 0 unspecified atom stereocenters. The maximum absolute atomic E-state index is 11.9. The van der Waals surface area contributed by atoms with Crippen LogP contribution in [0.1, 0.15) is 37.2 Å². The molecule has 1 amide bonds. The lowest BCUT2D eigenvalue weighted by atomic mass is 9.86. The Kier molecular flexibility index (Phi) is 3.27. The predicted molar refractivity (Wildman–Crippen MR) is 60.0 cm³/mol. The summed E-state index contributed by atoms with van der Waals surface area (Å²) in [6.07, 6.45) is 3.64. The number of carbonyl (C=O) groups is 1. The molecule has 0 saturated carbocycles. The van der Waals surface area contributed by atoms with Gasteiger partial charge in [-0.3, -0.25) is 4.79 Å². The van der Waals surface area contributed by atoms with Crippen LogP contribution in [0.3, 0.4) is 0 Å². The van der Waals surface area contributed by atoms with Crippen LogP contribution in [-0.4, -0.2) is 29.1 Å². The van der Waals surface area contributed by atoms with Gasteiger partial charge in [0, 0.05) is 19.2 Å². The van der Waals surface area contributed by atoms with E-state index in [1.807, 2.05) is 4.90 Å². The summed E-state index contributed by atoms with van der Waals surface area (Å²) >= 11 is 0. The largest absolute Gasteiger partial charge is 0.364 e. The number of rotatable bonds is 2. The van der Waals surface area contributed by atoms with Crippen molar-refractivity contribution in [1.29, 1.82) is 0 Å². The zero-order chi connectivity index (χ0) is 11.5. The lowest BCUT2D eigenvalue weighted by molar-refractivity contribution is 0.0657. The SMILES string of the molecule is CC(C)C1CCN(C(=O)c2ccon2)CC1. The standard InChI is InChI=1S/C12H18N2O2/c1-9(2)10-3-6-14(7-4-10)12(15)11-5-8-16-13-11/h5,8-10H,3-4,6-7H2,1-2H3. The Balaban J connectivity index is 1.92. The van der Waals surface area contributed by atoms with Crippen LogP contribution < -0.4 is 0 Å². The van der Waals surface area contributed by atoms with E-state index in [0.717, 1.165) is 31.8 Å². The second kappa shape index (κ2) is 4.68. The second-order valence-corrected chi connectivity index (χ2v) is 4.76. The highest BCUT2D eigenvalue weighted by Gasteiger charge is 2.26. The molecule has 1 aromatic heterocycles. The van der Waals surface area contributed by atoms with Crippen LogP contribution in [0.5, 0.6) is 0 Å². The van der Waals surface area contributed by atoms with Crippen molar-refractivity contribution in [2.45, 2.75) is 26.7 Å². The molecule has 1 aliphatic heterocycles. The number of hydrogen-bond acceptors (Lipinski definition) is 3. The van der Waals surface area contributed by atoms with E-state index in [1.165, 1.54) is 6.26 Å². The number of likely N-dealkylation sites (tertiary alicyclic amines) is 1. The Bertz CT molecular complexity index is 338. The molecule has 1 aromatic rings. The zero-order valence-electron chi connectivity index (χ0n) is 9.85. The minimum absolute atomic E-state index is 0.00374. The van der Waals surface area contributed by atoms with Gasteiger partial charge in [0.1, 0.15) is 6.26 Å². The van der Waals surface area contributed by atoms with Crippen LogP contribution in [0.25, 0.3) is 0 Å². The Morgan fingerprint density at radius 1 is 1.50 bits per heavy atom. The highest BCUT2D eigenvalue weighted by atomic mass is 16.5. The van der Waals surface area contributed by atoms with Crippen LogP contribution in [-0.2, 0) is 0 Å². The topological polar surface area (TPSA) is 46.3 Å². The average molecular weight is 222 g/mol. The first-order chi connectivity index (χ1) is 7.68. The maximum atomic E-state index is 11.9. The van der Waals surface area contributed by atoms with Gasteiger partial charge in [-0.2, -0.15) is 0 Å². The van der Waals surface area contributed by atoms with Crippen molar-refractivity contribution in [2.24, 2.45) is 11.8 Å². The molecule has 16 heavy (non-hydrogen) atoms. The first-order valence-corrected chi connectivity index (χ1v) is 5.88. The summed E-state index contributed by atoms with van der Waals surface area (Å²) in [5.74, 6) is 1.46. The van der Waals surface area contributed by atoms with E-state index < -0.39 is 0 Å². The van der Waals surface area contributed by atoms with Gasteiger partial charge in [-0.15, -0.1) is 0 Å². The zero-order valence-corrected chi connectivity index (χ0v) is 9.85. The van der Waals surface area contributed by atoms with Crippen molar-refractivity contribution >= 4 is 5.91 Å². The summed E-state index contributed by atoms with van der Waals surface area (Å²) in [7, 11) is 0. The fraction of sp³-hybridized carbons (Fsp3) is 0.667. The molecule has 88 valence electrons. The molecule has 2 heterocycles. The number of carbonyl (C=O) groups excluding carboxylic acids is 1. The summed E-state index contributed by atoms with van der Waals surface area (Å²) in [5, 5.41) is 3.68. The van der Waals surface area contributed by atoms with Crippen LogP contribution in [0.4, 0.5) is 0 Å². The van der Waals surface area contributed by atoms with Crippen LogP contribution in [0.15, 0.2) is 16.9 Å². The molecule has 0 atom stereocenters. The van der Waals surface area contributed by atoms with Gasteiger partial charge in [0.05, 0.1) is 0 Å². The monoisotopic (exact) mass is 222 g/mol. The van der Waals surface area contributed by atoms with Crippen molar-refractivity contribution in [3.8, 4) is 0 Å². The van der Waals surface area contributed by atoms with E-state index >= 15 is 0 Å². The van der Waals surface area contributed by atoms with Crippen molar-refractivity contribution in [1.82, 2.24) is 10.1 Å². The number of aromatic nitrogens is 1. The van der Waals surface area contributed by atoms with Crippen LogP contribution in [0.2, 0.25) is 0 Å². The minimum atomic E-state index is -0.00374. The number of piperidine rings is 1. The molecule has 1 aliphatic rings. The van der Waals surface area contributed by atoms with Gasteiger partial charge < -0.3 is 9.42 Å². The summed E-state index contributed by atoms with van der Waals surface area (Å²) in [5.41, 5.74) is 0.419. The lowest BCUT2D eigenvalue weighted by Gasteiger charge is -2.33. The fourth-order valence-electron chi connectivity index (χ4n) is 2.25. The third-order valence-corrected chi connectivity index (χ3v) is 3.43. The molecule has 0 N–H and O–H groups in total. The molecule has 0 bridgehead atoms. The Morgan fingerprint density at radius 3 is 2.69 bits per heavy atom. The minimum Gasteiger partial charge on any atom is -0.364 e. The Hall–Kier alpha value is -1.32. The highest BCUT2D eigenvalue weighted by Crippen LogP contribution is 2.24. The van der Waals surface area contributed by atoms with Crippen molar-refractivity contribution in [3.05, 3.63) is 18.0 Å². The summed E-state index contributed by atoms with van der Waals surface area (Å²) in [6.45, 7) is 6.18. The van der Waals surface area contributed by atoms with E-state index in [4.69, 9.17) is 0 Å². The first kappa shape index (κ1) is 11.2. The van der Waals surface area contributed by atoms with Crippen LogP contribution >= 0.6 is 0 Å². The lowest BCUT2D eigenvalue weighted by Crippen LogP contribution is -2.39. The molecular formula is C12H18N2O2. The molecule has 0 aliphatic carbocycles. The fourth-order valence-corrected chi connectivity index (χ4v) is 2.25. The molecule has 1 saturated heterocycles. The van der Waals surface area contributed by atoms with Gasteiger partial charge in [0.15, 0.2) is 5.69 Å². The maximum Gasteiger partial charge on any atom is 0.276 e. The number of nitrogens with zero attached hydrogens (tertiary/aromatic N) is 2. The Labute approximate surface area is 95.6 Å². The average Bonchev–Trinajstić information content (AvgIpc) is 2.81. The third-order valence-electron chi connectivity index (χ3n) is 3.43. The molecule has 0 aromatic carbocycles. The van der Waals surface area contributed by atoms with Gasteiger partial charge in [0.2, 0.25) is 0 Å². The van der Waals surface area contributed by atoms with E-state index in [-0.39, 0.29) is 5.91 Å². The van der Waals surface area contributed by atoms with E-state index in [1.54, 1.807) is 6.07 Å². The van der Waals surface area contributed by atoms with Crippen LogP contribution in [0, 0.1) is 11.8 Å². The molecule has 2 rings (SSSR count).